The van der Waals surface area contributed by atoms with Crippen molar-refractivity contribution < 1.29 is 18.0 Å². The van der Waals surface area contributed by atoms with Crippen LogP contribution in [0, 0.1) is 0 Å². The molecule has 0 fully saturated rings. The number of amides is 2. The lowest BCUT2D eigenvalue weighted by molar-refractivity contribution is -0.141. The molecule has 39 heavy (non-hydrogen) atoms. The molecule has 0 aromatic heterocycles. The highest BCUT2D eigenvalue weighted by molar-refractivity contribution is 7.92. The van der Waals surface area contributed by atoms with E-state index in [4.69, 9.17) is 11.6 Å². The first-order chi connectivity index (χ1) is 18.5. The van der Waals surface area contributed by atoms with Gasteiger partial charge in [0.25, 0.3) is 0 Å². The molecule has 0 bridgehead atoms. The number of halogens is 1. The Hall–Kier alpha value is -3.36. The molecule has 1 N–H and O–H groups in total. The molecule has 9 heteroatoms. The van der Waals surface area contributed by atoms with Gasteiger partial charge >= 0.3 is 0 Å². The van der Waals surface area contributed by atoms with E-state index in [-0.39, 0.29) is 43.8 Å². The maximum atomic E-state index is 13.7. The second-order valence-corrected chi connectivity index (χ2v) is 12.1. The highest BCUT2D eigenvalue weighted by atomic mass is 35.5. The summed E-state index contributed by atoms with van der Waals surface area (Å²) >= 11 is 6.09. The smallest absolute Gasteiger partial charge is 0.243 e. The molecule has 3 rings (SSSR count). The topological polar surface area (TPSA) is 86.8 Å². The predicted molar refractivity (Wildman–Crippen MR) is 157 cm³/mol. The molecule has 0 saturated carbocycles. The average Bonchev–Trinajstić information content (AvgIpc) is 2.88. The summed E-state index contributed by atoms with van der Waals surface area (Å²) in [6.07, 6.45) is 1.83. The maximum absolute atomic E-state index is 13.7. The number of carbonyl (C=O) groups is 2. The van der Waals surface area contributed by atoms with Crippen molar-refractivity contribution in [1.82, 2.24) is 10.2 Å². The molecule has 0 aliphatic rings. The van der Waals surface area contributed by atoms with E-state index in [1.807, 2.05) is 74.5 Å². The predicted octanol–water partition coefficient (Wildman–Crippen LogP) is 5.05. The molecule has 3 aromatic carbocycles. The van der Waals surface area contributed by atoms with Crippen molar-refractivity contribution in [2.24, 2.45) is 0 Å². The lowest BCUT2D eigenvalue weighted by Crippen LogP contribution is -2.51. The van der Waals surface area contributed by atoms with Crippen molar-refractivity contribution >= 4 is 39.1 Å². The number of rotatable bonds is 13. The van der Waals surface area contributed by atoms with E-state index >= 15 is 0 Å². The maximum Gasteiger partial charge on any atom is 0.243 e. The van der Waals surface area contributed by atoms with Crippen LogP contribution in [0.5, 0.6) is 0 Å². The molecular formula is C30H36ClN3O4S. The number of carbonyl (C=O) groups excluding carboxylic acids is 2. The van der Waals surface area contributed by atoms with Crippen molar-refractivity contribution in [1.29, 1.82) is 0 Å². The normalized spacial score (nSPS) is 12.1. The number of sulfonamides is 1. The van der Waals surface area contributed by atoms with E-state index in [1.165, 1.54) is 4.31 Å². The Morgan fingerprint density at radius 3 is 2.08 bits per heavy atom. The third-order valence-electron chi connectivity index (χ3n) is 6.15. The number of anilines is 1. The first-order valence-electron chi connectivity index (χ1n) is 13.0. The molecule has 0 heterocycles. The van der Waals surface area contributed by atoms with Gasteiger partial charge in [0.05, 0.1) is 11.9 Å². The van der Waals surface area contributed by atoms with E-state index < -0.39 is 16.1 Å². The lowest BCUT2D eigenvalue weighted by Gasteiger charge is -2.32. The Morgan fingerprint density at radius 2 is 1.51 bits per heavy atom. The molecule has 208 valence electrons. The zero-order valence-corrected chi connectivity index (χ0v) is 24.2. The Bertz CT molecular complexity index is 1330. The van der Waals surface area contributed by atoms with Crippen LogP contribution >= 0.6 is 11.6 Å². The summed E-state index contributed by atoms with van der Waals surface area (Å²) in [5.74, 6) is -0.451. The van der Waals surface area contributed by atoms with Crippen molar-refractivity contribution in [3.8, 4) is 0 Å². The van der Waals surface area contributed by atoms with Crippen LogP contribution in [0.15, 0.2) is 84.9 Å². The van der Waals surface area contributed by atoms with Gasteiger partial charge in [-0.25, -0.2) is 8.42 Å². The van der Waals surface area contributed by atoms with Crippen molar-refractivity contribution in [3.05, 3.63) is 101 Å². The zero-order chi connectivity index (χ0) is 28.4. The van der Waals surface area contributed by atoms with Gasteiger partial charge in [0.1, 0.15) is 6.04 Å². The van der Waals surface area contributed by atoms with Gasteiger partial charge in [-0.2, -0.15) is 0 Å². The minimum atomic E-state index is -3.60. The number of hydrogen-bond donors (Lipinski definition) is 1. The standard InChI is InChI=1S/C30H36ClN3O4S/c1-23(2)32-30(36)28(20-24-12-6-4-7-13-24)33(22-25-14-8-5-9-15-25)29(35)18-11-19-34(39(3,37)38)27-17-10-16-26(31)21-27/h4-10,12-17,21,23,28H,11,18-20,22H2,1-3H3,(H,32,36)/t28-/m1/s1. The van der Waals surface area contributed by atoms with Crippen LogP contribution in [0.4, 0.5) is 5.69 Å². The molecule has 0 unspecified atom stereocenters. The third-order valence-corrected chi connectivity index (χ3v) is 7.58. The van der Waals surface area contributed by atoms with Crippen molar-refractivity contribution in [3.63, 3.8) is 0 Å². The quantitative estimate of drug-likeness (QED) is 0.312. The van der Waals surface area contributed by atoms with Gasteiger partial charge in [-0.3, -0.25) is 13.9 Å². The van der Waals surface area contributed by atoms with Crippen LogP contribution in [0.3, 0.4) is 0 Å². The van der Waals surface area contributed by atoms with E-state index in [9.17, 15) is 18.0 Å². The first kappa shape index (κ1) is 30.2. The number of benzene rings is 3. The third kappa shape index (κ3) is 9.41. The molecule has 3 aromatic rings. The average molecular weight is 570 g/mol. The van der Waals surface area contributed by atoms with Gasteiger partial charge in [0.15, 0.2) is 0 Å². The Kier molecular flexibility index (Phi) is 10.9. The summed E-state index contributed by atoms with van der Waals surface area (Å²) < 4.78 is 26.3. The molecular weight excluding hydrogens is 534 g/mol. The minimum Gasteiger partial charge on any atom is -0.352 e. The highest BCUT2D eigenvalue weighted by Gasteiger charge is 2.30. The van der Waals surface area contributed by atoms with Crippen LogP contribution in [-0.4, -0.2) is 50.0 Å². The van der Waals surface area contributed by atoms with Crippen molar-refractivity contribution in [2.75, 3.05) is 17.1 Å². The minimum absolute atomic E-state index is 0.0691. The summed E-state index contributed by atoms with van der Waals surface area (Å²) in [7, 11) is -3.60. The fraction of sp³-hybridized carbons (Fsp3) is 0.333. The summed E-state index contributed by atoms with van der Waals surface area (Å²) in [5, 5.41) is 3.39. The van der Waals surface area contributed by atoms with Gasteiger partial charge < -0.3 is 10.2 Å². The highest BCUT2D eigenvalue weighted by Crippen LogP contribution is 2.23. The monoisotopic (exact) mass is 569 g/mol. The molecule has 0 radical (unpaired) electrons. The summed E-state index contributed by atoms with van der Waals surface area (Å²) in [6, 6.07) is 24.9. The largest absolute Gasteiger partial charge is 0.352 e. The molecule has 0 aliphatic heterocycles. The lowest BCUT2D eigenvalue weighted by atomic mass is 10.0. The summed E-state index contributed by atoms with van der Waals surface area (Å²) in [6.45, 7) is 4.13. The van der Waals surface area contributed by atoms with Gasteiger partial charge in [0, 0.05) is 37.0 Å². The van der Waals surface area contributed by atoms with Gasteiger partial charge in [-0.15, -0.1) is 0 Å². The van der Waals surface area contributed by atoms with Crippen LogP contribution in [-0.2, 0) is 32.6 Å². The molecule has 2 amide bonds. The zero-order valence-electron chi connectivity index (χ0n) is 22.6. The summed E-state index contributed by atoms with van der Waals surface area (Å²) in [5.41, 5.74) is 2.28. The summed E-state index contributed by atoms with van der Waals surface area (Å²) in [4.78, 5) is 28.8. The van der Waals surface area contributed by atoms with E-state index in [1.54, 1.807) is 29.2 Å². The Morgan fingerprint density at radius 1 is 0.897 bits per heavy atom. The molecule has 0 aliphatic carbocycles. The SMILES string of the molecule is CC(C)NC(=O)[C@@H](Cc1ccccc1)N(Cc1ccccc1)C(=O)CCCN(c1cccc(Cl)c1)S(C)(=O)=O. The molecule has 0 spiro atoms. The molecule has 1 atom stereocenters. The second-order valence-electron chi connectivity index (χ2n) is 9.79. The van der Waals surface area contributed by atoms with Gasteiger partial charge in [0.2, 0.25) is 21.8 Å². The Labute approximate surface area is 236 Å². The van der Waals surface area contributed by atoms with Crippen molar-refractivity contribution in [2.45, 2.75) is 51.7 Å². The van der Waals surface area contributed by atoms with E-state index in [2.05, 4.69) is 5.32 Å². The fourth-order valence-corrected chi connectivity index (χ4v) is 5.49. The number of nitrogens with one attached hydrogen (secondary N) is 1. The van der Waals surface area contributed by atoms with E-state index in [0.717, 1.165) is 17.4 Å². The molecule has 0 saturated heterocycles. The van der Waals surface area contributed by atoms with Crippen LogP contribution < -0.4 is 9.62 Å². The van der Waals surface area contributed by atoms with Crippen LogP contribution in [0.25, 0.3) is 0 Å². The number of nitrogens with zero attached hydrogens (tertiary/aromatic N) is 2. The van der Waals surface area contributed by atoms with E-state index in [0.29, 0.717) is 17.1 Å². The molecule has 7 nitrogen and oxygen atoms in total. The van der Waals surface area contributed by atoms with Gasteiger partial charge in [-0.1, -0.05) is 78.3 Å². The van der Waals surface area contributed by atoms with Crippen LogP contribution in [0.1, 0.15) is 37.8 Å². The van der Waals surface area contributed by atoms with Gasteiger partial charge in [-0.05, 0) is 49.6 Å². The fourth-order valence-electron chi connectivity index (χ4n) is 4.35. The second kappa shape index (κ2) is 14.1. The van der Waals surface area contributed by atoms with Crippen LogP contribution in [0.2, 0.25) is 5.02 Å². The first-order valence-corrected chi connectivity index (χ1v) is 15.2. The number of hydrogen-bond acceptors (Lipinski definition) is 4. The Balaban J connectivity index is 1.86.